The summed E-state index contributed by atoms with van der Waals surface area (Å²) in [5, 5.41) is 3.07. The predicted octanol–water partition coefficient (Wildman–Crippen LogP) is 1.94. The number of benzene rings is 1. The van der Waals surface area contributed by atoms with Gasteiger partial charge in [-0.3, -0.25) is 4.79 Å². The molecule has 1 unspecified atom stereocenters. The van der Waals surface area contributed by atoms with Gasteiger partial charge < -0.3 is 15.8 Å². The van der Waals surface area contributed by atoms with Crippen LogP contribution in [0.25, 0.3) is 0 Å². The first-order valence-electron chi connectivity index (χ1n) is 6.84. The van der Waals surface area contributed by atoms with E-state index in [2.05, 4.69) is 5.32 Å². The Balaban J connectivity index is 2.08. The maximum absolute atomic E-state index is 12.3. The average Bonchev–Trinajstić information content (AvgIpc) is 3.24. The molecule has 0 radical (unpaired) electrons. The van der Waals surface area contributed by atoms with Crippen LogP contribution in [0.3, 0.4) is 0 Å². The number of nitrogens with two attached hydrogens (primary N) is 1. The third-order valence-electron chi connectivity index (χ3n) is 3.71. The summed E-state index contributed by atoms with van der Waals surface area (Å²) in [5.41, 5.74) is 6.14. The molecule has 1 aliphatic carbocycles. The van der Waals surface area contributed by atoms with Gasteiger partial charge in [0, 0.05) is 12.1 Å². The minimum atomic E-state index is -0.293. The Hall–Kier alpha value is -1.55. The highest BCUT2D eigenvalue weighted by Gasteiger charge is 2.41. The molecule has 0 aromatic heterocycles. The van der Waals surface area contributed by atoms with Gasteiger partial charge in [0.2, 0.25) is 0 Å². The quantitative estimate of drug-likeness (QED) is 0.823. The number of nitrogens with one attached hydrogen (secondary N) is 1. The van der Waals surface area contributed by atoms with Crippen molar-refractivity contribution in [2.24, 2.45) is 11.7 Å². The number of rotatable bonds is 6. The molecular formula is C15H22N2O2. The number of hydrogen-bond donors (Lipinski definition) is 2. The van der Waals surface area contributed by atoms with Crippen molar-refractivity contribution in [3.8, 4) is 5.75 Å². The molecule has 104 valence electrons. The summed E-state index contributed by atoms with van der Waals surface area (Å²) in [6.07, 6.45) is 2.29. The molecule has 3 N–H and O–H groups in total. The normalized spacial score (nSPS) is 17.6. The fourth-order valence-corrected chi connectivity index (χ4v) is 2.27. The Bertz CT molecular complexity index is 457. The van der Waals surface area contributed by atoms with E-state index in [1.54, 1.807) is 12.1 Å². The van der Waals surface area contributed by atoms with Gasteiger partial charge in [-0.05, 0) is 50.8 Å². The van der Waals surface area contributed by atoms with Crippen LogP contribution < -0.4 is 15.8 Å². The largest absolute Gasteiger partial charge is 0.494 e. The maximum atomic E-state index is 12.3. The fraction of sp³-hybridized carbons (Fsp3) is 0.533. The molecule has 0 aliphatic heterocycles. The van der Waals surface area contributed by atoms with Crippen LogP contribution in [0.15, 0.2) is 24.3 Å². The van der Waals surface area contributed by atoms with Crippen LogP contribution in [-0.4, -0.2) is 24.6 Å². The maximum Gasteiger partial charge on any atom is 0.251 e. The minimum Gasteiger partial charge on any atom is -0.494 e. The summed E-state index contributed by atoms with van der Waals surface area (Å²) in [6, 6.07) is 7.24. The van der Waals surface area contributed by atoms with Crippen LogP contribution in [0, 0.1) is 5.92 Å². The molecular weight excluding hydrogens is 240 g/mol. The van der Waals surface area contributed by atoms with Crippen LogP contribution in [0.1, 0.15) is 37.0 Å². The zero-order valence-electron chi connectivity index (χ0n) is 11.6. The number of amides is 1. The summed E-state index contributed by atoms with van der Waals surface area (Å²) >= 11 is 0. The molecule has 2 rings (SSSR count). The van der Waals surface area contributed by atoms with Crippen molar-refractivity contribution >= 4 is 5.91 Å². The van der Waals surface area contributed by atoms with E-state index in [0.29, 0.717) is 24.6 Å². The van der Waals surface area contributed by atoms with E-state index in [1.165, 1.54) is 0 Å². The average molecular weight is 262 g/mol. The zero-order chi connectivity index (χ0) is 13.9. The Morgan fingerprint density at radius 1 is 1.53 bits per heavy atom. The lowest BCUT2D eigenvalue weighted by Gasteiger charge is -2.29. The SMILES string of the molecule is CCOc1cccc(C(=O)NC(C)(CN)C2CC2)c1. The lowest BCUT2D eigenvalue weighted by molar-refractivity contribution is 0.0897. The molecule has 1 amide bonds. The topological polar surface area (TPSA) is 64.3 Å². The van der Waals surface area contributed by atoms with Gasteiger partial charge in [0.05, 0.1) is 12.1 Å². The number of ether oxygens (including phenoxy) is 1. The first-order chi connectivity index (χ1) is 9.09. The second-order valence-electron chi connectivity index (χ2n) is 5.31. The van der Waals surface area contributed by atoms with Gasteiger partial charge in [0.15, 0.2) is 0 Å². The molecule has 1 aliphatic rings. The van der Waals surface area contributed by atoms with Crippen LogP contribution in [-0.2, 0) is 0 Å². The Kier molecular flexibility index (Phi) is 4.10. The van der Waals surface area contributed by atoms with E-state index < -0.39 is 0 Å². The summed E-state index contributed by atoms with van der Waals surface area (Å²) in [5.74, 6) is 1.15. The van der Waals surface area contributed by atoms with Gasteiger partial charge in [-0.15, -0.1) is 0 Å². The lowest BCUT2D eigenvalue weighted by atomic mass is 9.95. The van der Waals surface area contributed by atoms with Gasteiger partial charge in [-0.1, -0.05) is 6.07 Å². The third kappa shape index (κ3) is 3.26. The number of carbonyl (C=O) groups is 1. The standard InChI is InChI=1S/C15H22N2O2/c1-3-19-13-6-4-5-11(9-13)14(18)17-15(2,10-16)12-7-8-12/h4-6,9,12H,3,7-8,10,16H2,1-2H3,(H,17,18). The van der Waals surface area contributed by atoms with E-state index in [4.69, 9.17) is 10.5 Å². The summed E-state index contributed by atoms with van der Waals surface area (Å²) in [7, 11) is 0. The van der Waals surface area contributed by atoms with Crippen molar-refractivity contribution in [1.82, 2.24) is 5.32 Å². The van der Waals surface area contributed by atoms with Gasteiger partial charge in [0.1, 0.15) is 5.75 Å². The molecule has 0 bridgehead atoms. The Labute approximate surface area is 114 Å². The molecule has 1 aromatic rings. The van der Waals surface area contributed by atoms with Crippen LogP contribution in [0.5, 0.6) is 5.75 Å². The number of hydrogen-bond acceptors (Lipinski definition) is 3. The Morgan fingerprint density at radius 3 is 2.84 bits per heavy atom. The van der Waals surface area contributed by atoms with Crippen molar-refractivity contribution in [3.63, 3.8) is 0 Å². The molecule has 1 saturated carbocycles. The predicted molar refractivity (Wildman–Crippen MR) is 75.3 cm³/mol. The van der Waals surface area contributed by atoms with Gasteiger partial charge in [-0.25, -0.2) is 0 Å². The second kappa shape index (κ2) is 5.61. The van der Waals surface area contributed by atoms with Gasteiger partial charge in [-0.2, -0.15) is 0 Å². The van der Waals surface area contributed by atoms with Crippen molar-refractivity contribution < 1.29 is 9.53 Å². The lowest BCUT2D eigenvalue weighted by Crippen LogP contribution is -2.53. The van der Waals surface area contributed by atoms with E-state index in [0.717, 1.165) is 18.6 Å². The first kappa shape index (κ1) is 13.9. The molecule has 4 heteroatoms. The summed E-state index contributed by atoms with van der Waals surface area (Å²) in [6.45, 7) is 5.00. The van der Waals surface area contributed by atoms with E-state index >= 15 is 0 Å². The molecule has 0 spiro atoms. The highest BCUT2D eigenvalue weighted by molar-refractivity contribution is 5.95. The smallest absolute Gasteiger partial charge is 0.251 e. The van der Waals surface area contributed by atoms with Gasteiger partial charge in [0.25, 0.3) is 5.91 Å². The van der Waals surface area contributed by atoms with E-state index in [-0.39, 0.29) is 11.4 Å². The summed E-state index contributed by atoms with van der Waals surface area (Å²) in [4.78, 5) is 12.3. The third-order valence-corrected chi connectivity index (χ3v) is 3.71. The van der Waals surface area contributed by atoms with Gasteiger partial charge >= 0.3 is 0 Å². The Morgan fingerprint density at radius 2 is 2.26 bits per heavy atom. The molecule has 19 heavy (non-hydrogen) atoms. The van der Waals surface area contributed by atoms with Crippen molar-refractivity contribution in [1.29, 1.82) is 0 Å². The van der Waals surface area contributed by atoms with Crippen LogP contribution in [0.2, 0.25) is 0 Å². The minimum absolute atomic E-state index is 0.0820. The molecule has 1 aromatic carbocycles. The fourth-order valence-electron chi connectivity index (χ4n) is 2.27. The van der Waals surface area contributed by atoms with E-state index in [9.17, 15) is 4.79 Å². The molecule has 1 atom stereocenters. The molecule has 4 nitrogen and oxygen atoms in total. The first-order valence-corrected chi connectivity index (χ1v) is 6.84. The van der Waals surface area contributed by atoms with Crippen molar-refractivity contribution in [2.45, 2.75) is 32.2 Å². The van der Waals surface area contributed by atoms with Crippen molar-refractivity contribution in [2.75, 3.05) is 13.2 Å². The van der Waals surface area contributed by atoms with E-state index in [1.807, 2.05) is 26.0 Å². The van der Waals surface area contributed by atoms with Crippen LogP contribution in [0.4, 0.5) is 0 Å². The van der Waals surface area contributed by atoms with Crippen molar-refractivity contribution in [3.05, 3.63) is 29.8 Å². The second-order valence-corrected chi connectivity index (χ2v) is 5.31. The molecule has 1 fully saturated rings. The molecule has 0 saturated heterocycles. The van der Waals surface area contributed by atoms with Crippen LogP contribution >= 0.6 is 0 Å². The number of carbonyl (C=O) groups excluding carboxylic acids is 1. The summed E-state index contributed by atoms with van der Waals surface area (Å²) < 4.78 is 5.41. The monoisotopic (exact) mass is 262 g/mol. The molecule has 0 heterocycles. The highest BCUT2D eigenvalue weighted by atomic mass is 16.5. The zero-order valence-corrected chi connectivity index (χ0v) is 11.6. The highest BCUT2D eigenvalue weighted by Crippen LogP contribution is 2.39.